The predicted octanol–water partition coefficient (Wildman–Crippen LogP) is 3.55. The molecule has 1 N–H and O–H groups in total. The van der Waals surface area contributed by atoms with Crippen molar-refractivity contribution in [2.24, 2.45) is 5.92 Å². The second kappa shape index (κ2) is 6.49. The quantitative estimate of drug-likeness (QED) is 0.923. The van der Waals surface area contributed by atoms with Gasteiger partial charge in [0.05, 0.1) is 0 Å². The second-order valence-electron chi connectivity index (χ2n) is 5.33. The first-order chi connectivity index (χ1) is 9.94. The van der Waals surface area contributed by atoms with Gasteiger partial charge in [-0.2, -0.15) is 13.2 Å². The summed E-state index contributed by atoms with van der Waals surface area (Å²) in [6, 6.07) is 1.61. The van der Waals surface area contributed by atoms with E-state index in [9.17, 15) is 13.2 Å². The van der Waals surface area contributed by atoms with Crippen molar-refractivity contribution in [1.29, 1.82) is 0 Å². The molecule has 1 atom stereocenters. The molecule has 0 saturated carbocycles. The van der Waals surface area contributed by atoms with Crippen LogP contribution in [0.15, 0.2) is 6.07 Å². The zero-order valence-electron chi connectivity index (χ0n) is 12.4. The summed E-state index contributed by atoms with van der Waals surface area (Å²) in [7, 11) is 0. The zero-order chi connectivity index (χ0) is 15.5. The lowest BCUT2D eigenvalue weighted by molar-refractivity contribution is -0.144. The Balaban J connectivity index is 2.31. The molecule has 0 bridgehead atoms. The molecule has 7 heteroatoms. The smallest absolute Gasteiger partial charge is 0.370 e. The van der Waals surface area contributed by atoms with Crippen molar-refractivity contribution in [3.63, 3.8) is 0 Å². The molecular weight excluding hydrogens is 281 g/mol. The van der Waals surface area contributed by atoms with Crippen LogP contribution in [0.4, 0.5) is 24.8 Å². The summed E-state index contributed by atoms with van der Waals surface area (Å²) in [5.74, 6) is 0.0417. The number of piperidine rings is 1. The van der Waals surface area contributed by atoms with E-state index in [1.54, 1.807) is 6.07 Å². The van der Waals surface area contributed by atoms with Crippen molar-refractivity contribution >= 4 is 11.6 Å². The van der Waals surface area contributed by atoms with E-state index in [2.05, 4.69) is 22.2 Å². The average Bonchev–Trinajstić information content (AvgIpc) is 2.46. The lowest BCUT2D eigenvalue weighted by Gasteiger charge is -2.33. The summed E-state index contributed by atoms with van der Waals surface area (Å²) in [5.41, 5.74) is 0. The number of alkyl halides is 3. The standard InChI is InChI=1S/C14H21F3N4/c1-3-10-6-5-7-21(9-10)12-8-11(18-4-2)19-13(20-12)14(15,16)17/h8,10H,3-7,9H2,1-2H3,(H,18,19,20). The third kappa shape index (κ3) is 3.98. The Hall–Kier alpha value is -1.53. The molecule has 1 aliphatic rings. The number of rotatable bonds is 4. The summed E-state index contributed by atoms with van der Waals surface area (Å²) < 4.78 is 38.8. The average molecular weight is 302 g/mol. The van der Waals surface area contributed by atoms with Crippen molar-refractivity contribution in [2.75, 3.05) is 29.9 Å². The van der Waals surface area contributed by atoms with Crippen LogP contribution in [0, 0.1) is 5.92 Å². The SMILES string of the molecule is CCNc1cc(N2CCCC(CC)C2)nc(C(F)(F)F)n1. The molecular formula is C14H21F3N4. The van der Waals surface area contributed by atoms with E-state index in [0.717, 1.165) is 32.4 Å². The molecule has 1 saturated heterocycles. The Bertz CT molecular complexity index is 476. The van der Waals surface area contributed by atoms with E-state index >= 15 is 0 Å². The maximum Gasteiger partial charge on any atom is 0.451 e. The number of hydrogen-bond acceptors (Lipinski definition) is 4. The number of nitrogens with one attached hydrogen (secondary N) is 1. The van der Waals surface area contributed by atoms with E-state index in [1.165, 1.54) is 0 Å². The van der Waals surface area contributed by atoms with Gasteiger partial charge in [-0.3, -0.25) is 0 Å². The second-order valence-corrected chi connectivity index (χ2v) is 5.33. The lowest BCUT2D eigenvalue weighted by Crippen LogP contribution is -2.36. The highest BCUT2D eigenvalue weighted by atomic mass is 19.4. The normalized spacial score (nSPS) is 19.7. The number of aromatic nitrogens is 2. The van der Waals surface area contributed by atoms with Crippen molar-refractivity contribution in [3.8, 4) is 0 Å². The fourth-order valence-electron chi connectivity index (χ4n) is 2.60. The molecule has 1 fully saturated rings. The highest BCUT2D eigenvalue weighted by Gasteiger charge is 2.36. The molecule has 2 heterocycles. The summed E-state index contributed by atoms with van der Waals surface area (Å²) >= 11 is 0. The van der Waals surface area contributed by atoms with Crippen molar-refractivity contribution in [2.45, 2.75) is 39.3 Å². The molecule has 1 aromatic rings. The Kier molecular flexibility index (Phi) is 4.90. The van der Waals surface area contributed by atoms with Crippen molar-refractivity contribution in [1.82, 2.24) is 9.97 Å². The van der Waals surface area contributed by atoms with Gasteiger partial charge in [0.2, 0.25) is 5.82 Å². The molecule has 0 radical (unpaired) electrons. The van der Waals surface area contributed by atoms with Crippen LogP contribution in [-0.4, -0.2) is 29.6 Å². The largest absolute Gasteiger partial charge is 0.451 e. The Morgan fingerprint density at radius 1 is 1.33 bits per heavy atom. The molecule has 118 valence electrons. The van der Waals surface area contributed by atoms with E-state index in [4.69, 9.17) is 0 Å². The first-order valence-electron chi connectivity index (χ1n) is 7.39. The molecule has 1 aromatic heterocycles. The minimum Gasteiger partial charge on any atom is -0.370 e. The number of hydrogen-bond donors (Lipinski definition) is 1. The monoisotopic (exact) mass is 302 g/mol. The number of anilines is 2. The van der Waals surface area contributed by atoms with Gasteiger partial charge in [-0.1, -0.05) is 13.3 Å². The van der Waals surface area contributed by atoms with Gasteiger partial charge in [-0.25, -0.2) is 9.97 Å². The van der Waals surface area contributed by atoms with Gasteiger partial charge in [0.25, 0.3) is 0 Å². The van der Waals surface area contributed by atoms with Crippen LogP contribution in [0.1, 0.15) is 38.9 Å². The topological polar surface area (TPSA) is 41.0 Å². The van der Waals surface area contributed by atoms with Crippen LogP contribution in [0.25, 0.3) is 0 Å². The first-order valence-corrected chi connectivity index (χ1v) is 7.39. The molecule has 1 aliphatic heterocycles. The van der Waals surface area contributed by atoms with Gasteiger partial charge >= 0.3 is 6.18 Å². The first kappa shape index (κ1) is 15.9. The van der Waals surface area contributed by atoms with E-state index in [0.29, 0.717) is 18.3 Å². The third-order valence-electron chi connectivity index (χ3n) is 3.74. The molecule has 2 rings (SSSR count). The number of nitrogens with zero attached hydrogens (tertiary/aromatic N) is 3. The fraction of sp³-hybridized carbons (Fsp3) is 0.714. The summed E-state index contributed by atoms with van der Waals surface area (Å²) in [6.07, 6.45) is -1.38. The Morgan fingerprint density at radius 3 is 2.71 bits per heavy atom. The Labute approximate surface area is 122 Å². The van der Waals surface area contributed by atoms with E-state index < -0.39 is 12.0 Å². The van der Waals surface area contributed by atoms with Gasteiger partial charge in [0.1, 0.15) is 11.6 Å². The van der Waals surface area contributed by atoms with E-state index in [-0.39, 0.29) is 5.82 Å². The third-order valence-corrected chi connectivity index (χ3v) is 3.74. The fourth-order valence-corrected chi connectivity index (χ4v) is 2.60. The summed E-state index contributed by atoms with van der Waals surface area (Å²) in [6.45, 7) is 5.96. The van der Waals surface area contributed by atoms with Crippen LogP contribution in [-0.2, 0) is 6.18 Å². The molecule has 0 amide bonds. The van der Waals surface area contributed by atoms with E-state index in [1.807, 2.05) is 11.8 Å². The lowest BCUT2D eigenvalue weighted by atomic mass is 9.96. The molecule has 0 aromatic carbocycles. The van der Waals surface area contributed by atoms with Crippen LogP contribution in [0.3, 0.4) is 0 Å². The molecule has 0 spiro atoms. The zero-order valence-corrected chi connectivity index (χ0v) is 12.4. The van der Waals surface area contributed by atoms with Crippen LogP contribution >= 0.6 is 0 Å². The highest BCUT2D eigenvalue weighted by molar-refractivity contribution is 5.50. The highest BCUT2D eigenvalue weighted by Crippen LogP contribution is 2.31. The van der Waals surface area contributed by atoms with Crippen LogP contribution < -0.4 is 10.2 Å². The minimum atomic E-state index is -4.53. The maximum absolute atomic E-state index is 12.9. The van der Waals surface area contributed by atoms with Gasteiger partial charge in [0.15, 0.2) is 0 Å². The number of halogens is 3. The minimum absolute atomic E-state index is 0.230. The van der Waals surface area contributed by atoms with Crippen molar-refractivity contribution in [3.05, 3.63) is 11.9 Å². The Morgan fingerprint density at radius 2 is 2.10 bits per heavy atom. The maximum atomic E-state index is 12.9. The van der Waals surface area contributed by atoms with Crippen molar-refractivity contribution < 1.29 is 13.2 Å². The van der Waals surface area contributed by atoms with Crippen LogP contribution in [0.5, 0.6) is 0 Å². The summed E-state index contributed by atoms with van der Waals surface area (Å²) in [5, 5.41) is 2.85. The van der Waals surface area contributed by atoms with Gasteiger partial charge in [0, 0.05) is 25.7 Å². The van der Waals surface area contributed by atoms with Crippen LogP contribution in [0.2, 0.25) is 0 Å². The molecule has 4 nitrogen and oxygen atoms in total. The van der Waals surface area contributed by atoms with Gasteiger partial charge < -0.3 is 10.2 Å². The van der Waals surface area contributed by atoms with Gasteiger partial charge in [-0.05, 0) is 25.7 Å². The molecule has 0 aliphatic carbocycles. The predicted molar refractivity (Wildman–Crippen MR) is 76.4 cm³/mol. The van der Waals surface area contributed by atoms with Gasteiger partial charge in [-0.15, -0.1) is 0 Å². The molecule has 21 heavy (non-hydrogen) atoms. The molecule has 1 unspecified atom stereocenters. The summed E-state index contributed by atoms with van der Waals surface area (Å²) in [4.78, 5) is 9.22.